The molecule has 3 rings (SSSR count). The van der Waals surface area contributed by atoms with Gasteiger partial charge in [0.15, 0.2) is 11.4 Å². The molecule has 1 aliphatic rings. The van der Waals surface area contributed by atoms with Crippen LogP contribution in [0.15, 0.2) is 54.1 Å². The van der Waals surface area contributed by atoms with Gasteiger partial charge >= 0.3 is 5.97 Å². The summed E-state index contributed by atoms with van der Waals surface area (Å²) in [4.78, 5) is 24.7. The maximum Gasteiger partial charge on any atom is 0.339 e. The van der Waals surface area contributed by atoms with Crippen LogP contribution in [-0.4, -0.2) is 17.4 Å². The lowest BCUT2D eigenvalue weighted by atomic mass is 9.83. The molecule has 0 fully saturated rings. The molecule has 3 nitrogen and oxygen atoms in total. The van der Waals surface area contributed by atoms with Crippen molar-refractivity contribution in [1.82, 2.24) is 0 Å². The first-order valence-corrected chi connectivity index (χ1v) is 7.89. The Morgan fingerprint density at radius 3 is 2.48 bits per heavy atom. The van der Waals surface area contributed by atoms with Crippen LogP contribution in [0.5, 0.6) is 0 Å². The molecule has 0 saturated carbocycles. The van der Waals surface area contributed by atoms with E-state index in [2.05, 4.69) is 0 Å². The Labute approximate surface area is 136 Å². The van der Waals surface area contributed by atoms with Gasteiger partial charge in [-0.3, -0.25) is 4.79 Å². The van der Waals surface area contributed by atoms with E-state index < -0.39 is 11.6 Å². The van der Waals surface area contributed by atoms with E-state index in [9.17, 15) is 9.59 Å². The Kier molecular flexibility index (Phi) is 4.03. The van der Waals surface area contributed by atoms with Crippen LogP contribution in [0.4, 0.5) is 0 Å². The zero-order valence-corrected chi connectivity index (χ0v) is 13.5. The fourth-order valence-corrected chi connectivity index (χ4v) is 2.98. The van der Waals surface area contributed by atoms with Crippen molar-refractivity contribution in [3.63, 3.8) is 0 Å². The third kappa shape index (κ3) is 3.04. The van der Waals surface area contributed by atoms with Crippen molar-refractivity contribution in [2.75, 3.05) is 0 Å². The first-order chi connectivity index (χ1) is 11.0. The lowest BCUT2D eigenvalue weighted by molar-refractivity contribution is -0.137. The molecule has 3 heteroatoms. The third-order valence-corrected chi connectivity index (χ3v) is 4.62. The van der Waals surface area contributed by atoms with E-state index in [0.29, 0.717) is 18.4 Å². The maximum absolute atomic E-state index is 12.6. The van der Waals surface area contributed by atoms with E-state index in [1.807, 2.05) is 49.4 Å². The minimum Gasteiger partial charge on any atom is -0.447 e. The number of rotatable bonds is 3. The second kappa shape index (κ2) is 5.99. The molecule has 0 aromatic heterocycles. The van der Waals surface area contributed by atoms with Gasteiger partial charge in [0.05, 0.1) is 5.56 Å². The average molecular weight is 308 g/mol. The number of ether oxygens (including phenoxy) is 1. The van der Waals surface area contributed by atoms with Crippen molar-refractivity contribution >= 4 is 22.5 Å². The first kappa shape index (κ1) is 15.5. The number of carbonyl (C=O) groups excluding carboxylic acids is 2. The number of carbonyl (C=O) groups is 2. The molecule has 1 unspecified atom stereocenters. The van der Waals surface area contributed by atoms with Crippen molar-refractivity contribution in [3.05, 3.63) is 59.7 Å². The molecule has 0 saturated heterocycles. The van der Waals surface area contributed by atoms with Crippen molar-refractivity contribution in [3.8, 4) is 0 Å². The van der Waals surface area contributed by atoms with Crippen molar-refractivity contribution in [2.24, 2.45) is 0 Å². The fourth-order valence-electron chi connectivity index (χ4n) is 2.98. The van der Waals surface area contributed by atoms with E-state index in [1.165, 1.54) is 12.5 Å². The topological polar surface area (TPSA) is 43.4 Å². The van der Waals surface area contributed by atoms with Crippen LogP contribution in [0, 0.1) is 0 Å². The lowest BCUT2D eigenvalue weighted by Crippen LogP contribution is -2.43. The molecule has 0 bridgehead atoms. The van der Waals surface area contributed by atoms with Crippen LogP contribution in [0.2, 0.25) is 0 Å². The molecule has 0 heterocycles. The number of Topliss-reactive ketones (excluding diaryl/α,β-unsaturated/α-hetero) is 1. The van der Waals surface area contributed by atoms with E-state index in [1.54, 1.807) is 6.07 Å². The normalized spacial score (nSPS) is 20.9. The number of hydrogen-bond acceptors (Lipinski definition) is 3. The monoisotopic (exact) mass is 308 g/mol. The molecule has 0 aliphatic heterocycles. The Morgan fingerprint density at radius 1 is 1.09 bits per heavy atom. The van der Waals surface area contributed by atoms with Crippen LogP contribution in [0.3, 0.4) is 0 Å². The molecule has 118 valence electrons. The average Bonchev–Trinajstić information content (AvgIpc) is 2.56. The highest BCUT2D eigenvalue weighted by molar-refractivity contribution is 5.97. The number of hydrogen-bond donors (Lipinski definition) is 0. The van der Waals surface area contributed by atoms with Gasteiger partial charge in [-0.25, -0.2) is 4.79 Å². The molecular weight excluding hydrogens is 288 g/mol. The van der Waals surface area contributed by atoms with Crippen LogP contribution in [0.1, 0.15) is 43.5 Å². The summed E-state index contributed by atoms with van der Waals surface area (Å²) in [6, 6.07) is 13.3. The number of benzene rings is 2. The van der Waals surface area contributed by atoms with Gasteiger partial charge in [0.2, 0.25) is 0 Å². The molecule has 0 N–H and O–H groups in total. The van der Waals surface area contributed by atoms with Gasteiger partial charge in [-0.15, -0.1) is 0 Å². The van der Waals surface area contributed by atoms with Crippen LogP contribution in [0.25, 0.3) is 10.8 Å². The minimum absolute atomic E-state index is 0.0876. The van der Waals surface area contributed by atoms with Gasteiger partial charge in [-0.1, -0.05) is 42.0 Å². The van der Waals surface area contributed by atoms with Gasteiger partial charge in [0.1, 0.15) is 0 Å². The molecule has 0 radical (unpaired) electrons. The summed E-state index contributed by atoms with van der Waals surface area (Å²) >= 11 is 0. The molecule has 1 atom stereocenters. The summed E-state index contributed by atoms with van der Waals surface area (Å²) in [5.41, 5.74) is 0.710. The number of allylic oxidation sites excluding steroid dienone is 1. The van der Waals surface area contributed by atoms with Crippen molar-refractivity contribution < 1.29 is 14.3 Å². The standard InChI is InChI=1S/C20H20O3/c1-14-9-11-20(12-10-14,15(2)21)23-19(22)18-8-7-16-5-3-4-6-17(16)13-18/h3-9,13H,10-12H2,1-2H3. The van der Waals surface area contributed by atoms with Gasteiger partial charge in [-0.2, -0.15) is 0 Å². The van der Waals surface area contributed by atoms with Crippen molar-refractivity contribution in [2.45, 2.75) is 38.7 Å². The Hall–Kier alpha value is -2.42. The summed E-state index contributed by atoms with van der Waals surface area (Å²) in [6.07, 6.45) is 3.81. The highest BCUT2D eigenvalue weighted by atomic mass is 16.6. The zero-order chi connectivity index (χ0) is 16.4. The minimum atomic E-state index is -1.01. The summed E-state index contributed by atoms with van der Waals surface area (Å²) < 4.78 is 5.69. The maximum atomic E-state index is 12.6. The van der Waals surface area contributed by atoms with E-state index in [0.717, 1.165) is 17.2 Å². The second-order valence-corrected chi connectivity index (χ2v) is 6.26. The second-order valence-electron chi connectivity index (χ2n) is 6.26. The molecule has 1 aliphatic carbocycles. The fraction of sp³-hybridized carbons (Fsp3) is 0.300. The van der Waals surface area contributed by atoms with Crippen LogP contribution < -0.4 is 0 Å². The summed E-state index contributed by atoms with van der Waals surface area (Å²) in [6.45, 7) is 3.54. The predicted octanol–water partition coefficient (Wildman–Crippen LogP) is 4.45. The Bertz CT molecular complexity index is 803. The quantitative estimate of drug-likeness (QED) is 0.621. The first-order valence-electron chi connectivity index (χ1n) is 7.89. The molecule has 0 spiro atoms. The summed E-state index contributed by atoms with van der Waals surface area (Å²) in [7, 11) is 0. The number of esters is 1. The molecule has 0 amide bonds. The van der Waals surface area contributed by atoms with Crippen LogP contribution >= 0.6 is 0 Å². The van der Waals surface area contributed by atoms with Crippen molar-refractivity contribution in [1.29, 1.82) is 0 Å². The van der Waals surface area contributed by atoms with Gasteiger partial charge < -0.3 is 4.74 Å². The SMILES string of the molecule is CC(=O)C1(OC(=O)c2ccc3ccccc3c2)CC=C(C)CC1. The number of fused-ring (bicyclic) bond motifs is 1. The molecular formula is C20H20O3. The Morgan fingerprint density at radius 2 is 1.83 bits per heavy atom. The molecule has 2 aromatic carbocycles. The third-order valence-electron chi connectivity index (χ3n) is 4.62. The number of ketones is 1. The van der Waals surface area contributed by atoms with Gasteiger partial charge in [-0.05, 0) is 49.6 Å². The highest BCUT2D eigenvalue weighted by Gasteiger charge is 2.40. The van der Waals surface area contributed by atoms with E-state index in [4.69, 9.17) is 4.74 Å². The summed E-state index contributed by atoms with van der Waals surface area (Å²) in [5.74, 6) is -0.519. The lowest BCUT2D eigenvalue weighted by Gasteiger charge is -2.33. The predicted molar refractivity (Wildman–Crippen MR) is 90.4 cm³/mol. The van der Waals surface area contributed by atoms with Gasteiger partial charge in [0, 0.05) is 6.42 Å². The zero-order valence-electron chi connectivity index (χ0n) is 13.5. The highest BCUT2D eigenvalue weighted by Crippen LogP contribution is 2.33. The van der Waals surface area contributed by atoms with E-state index >= 15 is 0 Å². The van der Waals surface area contributed by atoms with E-state index in [-0.39, 0.29) is 5.78 Å². The summed E-state index contributed by atoms with van der Waals surface area (Å²) in [5, 5.41) is 2.06. The van der Waals surface area contributed by atoms with Crippen LogP contribution in [-0.2, 0) is 9.53 Å². The Balaban J connectivity index is 1.88. The molecule has 2 aromatic rings. The largest absolute Gasteiger partial charge is 0.447 e. The smallest absolute Gasteiger partial charge is 0.339 e. The molecule has 23 heavy (non-hydrogen) atoms. The van der Waals surface area contributed by atoms with Gasteiger partial charge in [0.25, 0.3) is 0 Å².